The van der Waals surface area contributed by atoms with Crippen molar-refractivity contribution < 1.29 is 9.52 Å². The van der Waals surface area contributed by atoms with Crippen LogP contribution in [0.1, 0.15) is 18.7 Å². The van der Waals surface area contributed by atoms with E-state index in [0.717, 1.165) is 0 Å². The lowest BCUT2D eigenvalue weighted by atomic mass is 10.2. The summed E-state index contributed by atoms with van der Waals surface area (Å²) in [5, 5.41) is 9.58. The average Bonchev–Trinajstić information content (AvgIpc) is 2.67. The highest BCUT2D eigenvalue weighted by Crippen LogP contribution is 2.28. The number of nitrogens with zero attached hydrogens (tertiary/aromatic N) is 1. The Balaban J connectivity index is 2.42. The third kappa shape index (κ3) is 1.85. The molecule has 2 rings (SSSR count). The highest BCUT2D eigenvalue weighted by Gasteiger charge is 2.11. The van der Waals surface area contributed by atoms with Gasteiger partial charge in [0.2, 0.25) is 5.89 Å². The van der Waals surface area contributed by atoms with Gasteiger partial charge < -0.3 is 15.3 Å². The summed E-state index contributed by atoms with van der Waals surface area (Å²) in [5.74, 6) is 0.538. The Morgan fingerprint density at radius 3 is 2.73 bits per heavy atom. The van der Waals surface area contributed by atoms with E-state index in [2.05, 4.69) is 4.98 Å². The van der Waals surface area contributed by atoms with Crippen molar-refractivity contribution in [3.63, 3.8) is 0 Å². The second-order valence-electron chi connectivity index (χ2n) is 3.38. The largest absolute Gasteiger partial charge is 0.507 e. The van der Waals surface area contributed by atoms with Gasteiger partial charge in [0.15, 0.2) is 0 Å². The first-order valence-corrected chi connectivity index (χ1v) is 4.68. The van der Waals surface area contributed by atoms with E-state index in [-0.39, 0.29) is 11.8 Å². The van der Waals surface area contributed by atoms with Crippen LogP contribution in [0, 0.1) is 0 Å². The van der Waals surface area contributed by atoms with Crippen molar-refractivity contribution in [3.8, 4) is 17.2 Å². The summed E-state index contributed by atoms with van der Waals surface area (Å²) in [5.41, 5.74) is 6.91. The summed E-state index contributed by atoms with van der Waals surface area (Å²) in [6.45, 7) is 1.83. The van der Waals surface area contributed by atoms with E-state index in [1.807, 2.05) is 13.0 Å². The van der Waals surface area contributed by atoms with Crippen LogP contribution < -0.4 is 5.73 Å². The van der Waals surface area contributed by atoms with Gasteiger partial charge in [0.05, 0.1) is 11.3 Å². The Bertz CT molecular complexity index is 463. The van der Waals surface area contributed by atoms with Crippen LogP contribution in [0.4, 0.5) is 0 Å². The van der Waals surface area contributed by atoms with Crippen molar-refractivity contribution >= 4 is 0 Å². The summed E-state index contributed by atoms with van der Waals surface area (Å²) >= 11 is 0. The van der Waals surface area contributed by atoms with Gasteiger partial charge in [-0.1, -0.05) is 12.1 Å². The number of hydrogen-bond donors (Lipinski definition) is 2. The molecule has 3 N–H and O–H groups in total. The number of para-hydroxylation sites is 1. The fraction of sp³-hybridized carbons (Fsp3) is 0.182. The summed E-state index contributed by atoms with van der Waals surface area (Å²) in [4.78, 5) is 4.19. The summed E-state index contributed by atoms with van der Waals surface area (Å²) in [7, 11) is 0. The van der Waals surface area contributed by atoms with Crippen LogP contribution in [-0.2, 0) is 0 Å². The molecule has 0 bridgehead atoms. The summed E-state index contributed by atoms with van der Waals surface area (Å²) in [6.07, 6.45) is 1.51. The maximum atomic E-state index is 9.58. The van der Waals surface area contributed by atoms with Gasteiger partial charge in [-0.2, -0.15) is 0 Å². The molecule has 0 amide bonds. The maximum absolute atomic E-state index is 9.58. The Morgan fingerprint density at radius 1 is 1.40 bits per heavy atom. The van der Waals surface area contributed by atoms with Crippen LogP contribution in [0.25, 0.3) is 11.5 Å². The molecule has 0 saturated carbocycles. The van der Waals surface area contributed by atoms with Crippen LogP contribution in [0.2, 0.25) is 0 Å². The number of nitrogens with two attached hydrogens (primary N) is 1. The Morgan fingerprint density at radius 2 is 2.13 bits per heavy atom. The first-order chi connectivity index (χ1) is 7.18. The molecule has 1 aromatic carbocycles. The first kappa shape index (κ1) is 9.73. The van der Waals surface area contributed by atoms with Crippen molar-refractivity contribution in [1.29, 1.82) is 0 Å². The Labute approximate surface area is 87.4 Å². The minimum atomic E-state index is -0.173. The van der Waals surface area contributed by atoms with Crippen LogP contribution in [0.3, 0.4) is 0 Å². The second kappa shape index (κ2) is 3.74. The molecule has 1 heterocycles. The molecule has 0 saturated heterocycles. The predicted octanol–water partition coefficient (Wildman–Crippen LogP) is 2.07. The van der Waals surface area contributed by atoms with Crippen molar-refractivity contribution in [3.05, 3.63) is 36.2 Å². The molecule has 2 aromatic rings. The number of oxazole rings is 1. The molecule has 0 aliphatic heterocycles. The molecule has 0 fully saturated rings. The normalized spacial score (nSPS) is 12.7. The van der Waals surface area contributed by atoms with Gasteiger partial charge >= 0.3 is 0 Å². The molecule has 1 aromatic heterocycles. The zero-order valence-corrected chi connectivity index (χ0v) is 8.34. The van der Waals surface area contributed by atoms with Gasteiger partial charge in [0.1, 0.15) is 12.0 Å². The quantitative estimate of drug-likeness (QED) is 0.785. The highest BCUT2D eigenvalue weighted by atomic mass is 16.3. The average molecular weight is 204 g/mol. The number of hydrogen-bond acceptors (Lipinski definition) is 4. The monoisotopic (exact) mass is 204 g/mol. The molecule has 1 unspecified atom stereocenters. The van der Waals surface area contributed by atoms with Gasteiger partial charge in [-0.05, 0) is 19.1 Å². The maximum Gasteiger partial charge on any atom is 0.229 e. The standard InChI is InChI=1S/C11H12N2O2/c1-7(12)9-6-15-11(13-9)8-4-2-3-5-10(8)14/h2-7,14H,12H2,1H3. The lowest BCUT2D eigenvalue weighted by Gasteiger charge is -1.98. The number of rotatable bonds is 2. The Hall–Kier alpha value is -1.81. The van der Waals surface area contributed by atoms with Gasteiger partial charge in [-0.3, -0.25) is 0 Å². The molecule has 0 radical (unpaired) electrons. The molecule has 0 aliphatic carbocycles. The summed E-state index contributed by atoms with van der Waals surface area (Å²) in [6, 6.07) is 6.71. The van der Waals surface area contributed by atoms with Crippen LogP contribution >= 0.6 is 0 Å². The third-order valence-corrected chi connectivity index (χ3v) is 2.12. The van der Waals surface area contributed by atoms with Gasteiger partial charge in [-0.25, -0.2) is 4.98 Å². The fourth-order valence-electron chi connectivity index (χ4n) is 1.27. The SMILES string of the molecule is CC(N)c1coc(-c2ccccc2O)n1. The van der Waals surface area contributed by atoms with Gasteiger partial charge in [0.25, 0.3) is 0 Å². The predicted molar refractivity (Wildman–Crippen MR) is 56.2 cm³/mol. The summed E-state index contributed by atoms with van der Waals surface area (Å²) < 4.78 is 5.24. The Kier molecular flexibility index (Phi) is 2.43. The van der Waals surface area contributed by atoms with E-state index in [0.29, 0.717) is 17.1 Å². The lowest BCUT2D eigenvalue weighted by Crippen LogP contribution is -2.04. The van der Waals surface area contributed by atoms with Crippen molar-refractivity contribution in [2.45, 2.75) is 13.0 Å². The lowest BCUT2D eigenvalue weighted by molar-refractivity contribution is 0.473. The number of phenols is 1. The molecule has 1 atom stereocenters. The number of benzene rings is 1. The highest BCUT2D eigenvalue weighted by molar-refractivity contribution is 5.61. The zero-order valence-electron chi connectivity index (χ0n) is 8.34. The molecule has 4 nitrogen and oxygen atoms in total. The smallest absolute Gasteiger partial charge is 0.229 e. The van der Waals surface area contributed by atoms with Gasteiger partial charge in [0, 0.05) is 6.04 Å². The molecule has 78 valence electrons. The minimum Gasteiger partial charge on any atom is -0.507 e. The molecule has 0 aliphatic rings. The molecule has 0 spiro atoms. The zero-order chi connectivity index (χ0) is 10.8. The number of aromatic nitrogens is 1. The topological polar surface area (TPSA) is 72.3 Å². The van der Waals surface area contributed by atoms with Gasteiger partial charge in [-0.15, -0.1) is 0 Å². The van der Waals surface area contributed by atoms with E-state index in [4.69, 9.17) is 10.2 Å². The van der Waals surface area contributed by atoms with Crippen molar-refractivity contribution in [2.75, 3.05) is 0 Å². The number of phenolic OH excluding ortho intramolecular Hbond substituents is 1. The number of aromatic hydroxyl groups is 1. The van der Waals surface area contributed by atoms with E-state index in [1.165, 1.54) is 6.26 Å². The fourth-order valence-corrected chi connectivity index (χ4v) is 1.27. The van der Waals surface area contributed by atoms with Crippen LogP contribution in [0.15, 0.2) is 34.9 Å². The molecule has 15 heavy (non-hydrogen) atoms. The first-order valence-electron chi connectivity index (χ1n) is 4.68. The van der Waals surface area contributed by atoms with Crippen LogP contribution in [-0.4, -0.2) is 10.1 Å². The van der Waals surface area contributed by atoms with Crippen molar-refractivity contribution in [2.24, 2.45) is 5.73 Å². The molecule has 4 heteroatoms. The van der Waals surface area contributed by atoms with Crippen molar-refractivity contribution in [1.82, 2.24) is 4.98 Å². The van der Waals surface area contributed by atoms with E-state index in [1.54, 1.807) is 18.2 Å². The van der Waals surface area contributed by atoms with E-state index < -0.39 is 0 Å². The van der Waals surface area contributed by atoms with Crippen LogP contribution in [0.5, 0.6) is 5.75 Å². The molecular weight excluding hydrogens is 192 g/mol. The van der Waals surface area contributed by atoms with E-state index in [9.17, 15) is 5.11 Å². The third-order valence-electron chi connectivity index (χ3n) is 2.12. The minimum absolute atomic E-state index is 0.149. The van der Waals surface area contributed by atoms with E-state index >= 15 is 0 Å². The second-order valence-corrected chi connectivity index (χ2v) is 3.38. The molecular formula is C11H12N2O2.